The van der Waals surface area contributed by atoms with Crippen molar-refractivity contribution in [2.45, 2.75) is 24.8 Å². The maximum atomic E-state index is 12.5. The molecule has 1 aromatic heterocycles. The maximum Gasteiger partial charge on any atom is 0.255 e. The molecule has 0 saturated carbocycles. The van der Waals surface area contributed by atoms with Crippen molar-refractivity contribution in [2.24, 2.45) is 0 Å². The van der Waals surface area contributed by atoms with Crippen LogP contribution in [0.25, 0.3) is 0 Å². The molecule has 6 nitrogen and oxygen atoms in total. The summed E-state index contributed by atoms with van der Waals surface area (Å²) in [6.45, 7) is 2.18. The van der Waals surface area contributed by atoms with Gasteiger partial charge in [0.15, 0.2) is 0 Å². The zero-order valence-corrected chi connectivity index (χ0v) is 16.2. The largest absolute Gasteiger partial charge is 0.322 e. The molecular weight excluding hydrogens is 374 g/mol. The summed E-state index contributed by atoms with van der Waals surface area (Å²) in [5.41, 5.74) is 2.84. The SMILES string of the molecule is CCc1ccc(NC(=O)c2cccc(S(=O)(=O)NCc3cccnc3)c2)cc1. The fraction of sp³-hybridized carbons (Fsp3) is 0.143. The fourth-order valence-electron chi connectivity index (χ4n) is 2.60. The monoisotopic (exact) mass is 395 g/mol. The second-order valence-corrected chi connectivity index (χ2v) is 7.99. The van der Waals surface area contributed by atoms with E-state index in [0.717, 1.165) is 12.0 Å². The molecule has 1 heterocycles. The van der Waals surface area contributed by atoms with Gasteiger partial charge in [0.05, 0.1) is 4.90 Å². The summed E-state index contributed by atoms with van der Waals surface area (Å²) in [6, 6.07) is 17.0. The van der Waals surface area contributed by atoms with Gasteiger partial charge < -0.3 is 5.32 Å². The van der Waals surface area contributed by atoms with Crippen LogP contribution in [-0.2, 0) is 23.0 Å². The van der Waals surface area contributed by atoms with Crippen LogP contribution in [0, 0.1) is 0 Å². The van der Waals surface area contributed by atoms with Gasteiger partial charge in [-0.15, -0.1) is 0 Å². The molecule has 0 fully saturated rings. The Morgan fingerprint density at radius 1 is 1.00 bits per heavy atom. The Morgan fingerprint density at radius 2 is 1.79 bits per heavy atom. The molecule has 0 aliphatic rings. The summed E-state index contributed by atoms with van der Waals surface area (Å²) >= 11 is 0. The van der Waals surface area contributed by atoms with E-state index >= 15 is 0 Å². The van der Waals surface area contributed by atoms with E-state index in [4.69, 9.17) is 0 Å². The van der Waals surface area contributed by atoms with Crippen molar-refractivity contribution in [1.29, 1.82) is 0 Å². The molecule has 0 atom stereocenters. The molecule has 3 rings (SSSR count). The molecule has 2 N–H and O–H groups in total. The highest BCUT2D eigenvalue weighted by molar-refractivity contribution is 7.89. The van der Waals surface area contributed by atoms with Crippen LogP contribution in [0.2, 0.25) is 0 Å². The lowest BCUT2D eigenvalue weighted by Gasteiger charge is -2.09. The zero-order valence-electron chi connectivity index (χ0n) is 15.4. The van der Waals surface area contributed by atoms with Crippen molar-refractivity contribution < 1.29 is 13.2 Å². The summed E-state index contributed by atoms with van der Waals surface area (Å²) in [4.78, 5) is 16.5. The minimum Gasteiger partial charge on any atom is -0.322 e. The molecule has 0 bridgehead atoms. The van der Waals surface area contributed by atoms with Crippen LogP contribution in [0.1, 0.15) is 28.4 Å². The van der Waals surface area contributed by atoms with Gasteiger partial charge in [-0.05, 0) is 53.9 Å². The van der Waals surface area contributed by atoms with E-state index < -0.39 is 10.0 Å². The Kier molecular flexibility index (Phi) is 6.18. The van der Waals surface area contributed by atoms with E-state index in [1.165, 1.54) is 17.7 Å². The Balaban J connectivity index is 1.72. The first-order chi connectivity index (χ1) is 13.5. The average Bonchev–Trinajstić information content (AvgIpc) is 2.74. The van der Waals surface area contributed by atoms with Crippen LogP contribution < -0.4 is 10.0 Å². The van der Waals surface area contributed by atoms with Crippen molar-refractivity contribution in [3.63, 3.8) is 0 Å². The van der Waals surface area contributed by atoms with Gasteiger partial charge in [0, 0.05) is 30.2 Å². The molecule has 0 aliphatic heterocycles. The lowest BCUT2D eigenvalue weighted by molar-refractivity contribution is 0.102. The summed E-state index contributed by atoms with van der Waals surface area (Å²) in [5.74, 6) is -0.367. The lowest BCUT2D eigenvalue weighted by atomic mass is 10.1. The number of nitrogens with one attached hydrogen (secondary N) is 2. The Bertz CT molecular complexity index is 1050. The molecule has 28 heavy (non-hydrogen) atoms. The number of anilines is 1. The number of benzene rings is 2. The summed E-state index contributed by atoms with van der Waals surface area (Å²) in [6.07, 6.45) is 4.13. The van der Waals surface area contributed by atoms with Gasteiger partial charge >= 0.3 is 0 Å². The third kappa shape index (κ3) is 5.03. The van der Waals surface area contributed by atoms with Crippen molar-refractivity contribution in [2.75, 3.05) is 5.32 Å². The number of sulfonamides is 1. The predicted octanol–water partition coefficient (Wildman–Crippen LogP) is 3.37. The molecule has 2 aromatic carbocycles. The quantitative estimate of drug-likeness (QED) is 0.642. The first-order valence-electron chi connectivity index (χ1n) is 8.87. The number of carbonyl (C=O) groups is 1. The highest BCUT2D eigenvalue weighted by atomic mass is 32.2. The highest BCUT2D eigenvalue weighted by Crippen LogP contribution is 2.15. The van der Waals surface area contributed by atoms with Crippen molar-refractivity contribution in [3.8, 4) is 0 Å². The molecule has 7 heteroatoms. The summed E-state index contributed by atoms with van der Waals surface area (Å²) < 4.78 is 27.6. The number of hydrogen-bond acceptors (Lipinski definition) is 4. The molecule has 144 valence electrons. The fourth-order valence-corrected chi connectivity index (χ4v) is 3.66. The Morgan fingerprint density at radius 3 is 2.46 bits per heavy atom. The van der Waals surface area contributed by atoms with Crippen LogP contribution in [0.4, 0.5) is 5.69 Å². The molecule has 0 spiro atoms. The van der Waals surface area contributed by atoms with Crippen LogP contribution in [0.5, 0.6) is 0 Å². The first kappa shape index (κ1) is 19.7. The molecule has 0 radical (unpaired) electrons. The second-order valence-electron chi connectivity index (χ2n) is 6.22. The number of hydrogen-bond donors (Lipinski definition) is 2. The molecule has 3 aromatic rings. The van der Waals surface area contributed by atoms with Gasteiger partial charge in [-0.25, -0.2) is 13.1 Å². The topological polar surface area (TPSA) is 88.2 Å². The van der Waals surface area contributed by atoms with Gasteiger partial charge in [0.2, 0.25) is 10.0 Å². The first-order valence-corrected chi connectivity index (χ1v) is 10.3. The maximum absolute atomic E-state index is 12.5. The molecule has 0 unspecified atom stereocenters. The number of nitrogens with zero attached hydrogens (tertiary/aromatic N) is 1. The number of aromatic nitrogens is 1. The lowest BCUT2D eigenvalue weighted by Crippen LogP contribution is -2.23. The zero-order chi connectivity index (χ0) is 20.0. The van der Waals surface area contributed by atoms with Crippen molar-refractivity contribution in [3.05, 3.63) is 89.7 Å². The Labute approximate surface area is 164 Å². The van der Waals surface area contributed by atoms with Gasteiger partial charge in [-0.3, -0.25) is 9.78 Å². The van der Waals surface area contributed by atoms with Crippen LogP contribution in [0.15, 0.2) is 78.0 Å². The van der Waals surface area contributed by atoms with Crippen LogP contribution in [0.3, 0.4) is 0 Å². The van der Waals surface area contributed by atoms with Crippen LogP contribution >= 0.6 is 0 Å². The number of carbonyl (C=O) groups excluding carboxylic acids is 1. The van der Waals surface area contributed by atoms with E-state index in [1.807, 2.05) is 24.3 Å². The third-order valence-corrected chi connectivity index (χ3v) is 5.61. The number of pyridine rings is 1. The number of aryl methyl sites for hydroxylation is 1. The van der Waals surface area contributed by atoms with Gasteiger partial charge in [-0.1, -0.05) is 31.2 Å². The van der Waals surface area contributed by atoms with E-state index in [9.17, 15) is 13.2 Å². The minimum absolute atomic E-state index is 0.0328. The second kappa shape index (κ2) is 8.77. The smallest absolute Gasteiger partial charge is 0.255 e. The summed E-state index contributed by atoms with van der Waals surface area (Å²) in [5, 5.41) is 2.78. The van der Waals surface area contributed by atoms with Gasteiger partial charge in [0.25, 0.3) is 5.91 Å². The molecule has 1 amide bonds. The molecule has 0 saturated heterocycles. The molecular formula is C21H21N3O3S. The normalized spacial score (nSPS) is 11.2. The van der Waals surface area contributed by atoms with Crippen molar-refractivity contribution in [1.82, 2.24) is 9.71 Å². The average molecular weight is 395 g/mol. The standard InChI is InChI=1S/C21H21N3O3S/c1-2-16-8-10-19(11-9-16)24-21(25)18-6-3-7-20(13-18)28(26,27)23-15-17-5-4-12-22-14-17/h3-14,23H,2,15H2,1H3,(H,24,25). The van der Waals surface area contributed by atoms with E-state index in [1.54, 1.807) is 36.7 Å². The highest BCUT2D eigenvalue weighted by Gasteiger charge is 2.16. The van der Waals surface area contributed by atoms with Crippen molar-refractivity contribution >= 4 is 21.6 Å². The molecule has 0 aliphatic carbocycles. The Hall–Kier alpha value is -3.03. The predicted molar refractivity (Wildman–Crippen MR) is 108 cm³/mol. The van der Waals surface area contributed by atoms with Crippen LogP contribution in [-0.4, -0.2) is 19.3 Å². The van der Waals surface area contributed by atoms with Gasteiger partial charge in [0.1, 0.15) is 0 Å². The van der Waals surface area contributed by atoms with Gasteiger partial charge in [-0.2, -0.15) is 0 Å². The van der Waals surface area contributed by atoms with E-state index in [0.29, 0.717) is 5.69 Å². The minimum atomic E-state index is -3.75. The van der Waals surface area contributed by atoms with E-state index in [2.05, 4.69) is 21.9 Å². The summed E-state index contributed by atoms with van der Waals surface area (Å²) in [7, 11) is -3.75. The third-order valence-electron chi connectivity index (χ3n) is 4.22. The van der Waals surface area contributed by atoms with E-state index in [-0.39, 0.29) is 22.9 Å². The number of rotatable bonds is 7. The number of amides is 1.